The minimum Gasteiger partial charge on any atom is -0.496 e. The van der Waals surface area contributed by atoms with Crippen molar-refractivity contribution in [1.29, 1.82) is 0 Å². The van der Waals surface area contributed by atoms with Gasteiger partial charge in [0.2, 0.25) is 0 Å². The first kappa shape index (κ1) is 13.8. The molecule has 0 fully saturated rings. The highest BCUT2D eigenvalue weighted by atomic mass is 35.5. The van der Waals surface area contributed by atoms with E-state index in [-0.39, 0.29) is 17.8 Å². The number of carbonyl (C=O) groups is 1. The van der Waals surface area contributed by atoms with E-state index in [4.69, 9.17) is 16.3 Å². The summed E-state index contributed by atoms with van der Waals surface area (Å²) in [6, 6.07) is 5.91. The molecule has 0 saturated carbocycles. The van der Waals surface area contributed by atoms with Crippen LogP contribution in [0.25, 0.3) is 0 Å². The van der Waals surface area contributed by atoms with Crippen molar-refractivity contribution in [1.82, 2.24) is 0 Å². The third-order valence-corrected chi connectivity index (χ3v) is 2.80. The fourth-order valence-electron chi connectivity index (χ4n) is 1.64. The third kappa shape index (κ3) is 4.27. The molecule has 1 unspecified atom stereocenters. The molecule has 0 aromatic heterocycles. The normalized spacial score (nSPS) is 12.0. The molecule has 1 aromatic carbocycles. The fourth-order valence-corrected chi connectivity index (χ4v) is 1.93. The Morgan fingerprint density at radius 3 is 2.71 bits per heavy atom. The maximum Gasteiger partial charge on any atom is 0.307 e. The van der Waals surface area contributed by atoms with Gasteiger partial charge in [-0.25, -0.2) is 0 Å². The van der Waals surface area contributed by atoms with Crippen LogP contribution in [0.5, 0.6) is 5.75 Å². The topological polar surface area (TPSA) is 35.5 Å². The quantitative estimate of drug-likeness (QED) is 0.600. The zero-order chi connectivity index (χ0) is 12.8. The molecule has 4 heteroatoms. The van der Waals surface area contributed by atoms with E-state index in [1.54, 1.807) is 7.11 Å². The average Bonchev–Trinajstić information content (AvgIpc) is 2.29. The molecular formula is C13H17ClO3. The summed E-state index contributed by atoms with van der Waals surface area (Å²) in [4.78, 5) is 11.1. The highest BCUT2D eigenvalue weighted by Crippen LogP contribution is 2.23. The molecule has 0 heterocycles. The van der Waals surface area contributed by atoms with Gasteiger partial charge in [0.05, 0.1) is 20.6 Å². The molecule has 0 aliphatic heterocycles. The minimum absolute atomic E-state index is 0.204. The number of esters is 1. The summed E-state index contributed by atoms with van der Waals surface area (Å²) < 4.78 is 9.84. The maximum atomic E-state index is 11.1. The molecule has 1 aromatic rings. The monoisotopic (exact) mass is 256 g/mol. The molecule has 1 atom stereocenters. The van der Waals surface area contributed by atoms with Gasteiger partial charge in [-0.2, -0.15) is 0 Å². The molecule has 0 bridgehead atoms. The second-order valence-corrected chi connectivity index (χ2v) is 4.51. The number of methoxy groups -OCH3 is 2. The minimum atomic E-state index is -0.295. The number of benzene rings is 1. The van der Waals surface area contributed by atoms with Crippen LogP contribution in [0.1, 0.15) is 17.5 Å². The van der Waals surface area contributed by atoms with E-state index < -0.39 is 0 Å². The maximum absolute atomic E-state index is 11.1. The number of hydrogen-bond acceptors (Lipinski definition) is 3. The smallest absolute Gasteiger partial charge is 0.307 e. The highest BCUT2D eigenvalue weighted by Gasteiger charge is 2.14. The van der Waals surface area contributed by atoms with Crippen LogP contribution in [-0.4, -0.2) is 25.6 Å². The van der Waals surface area contributed by atoms with Gasteiger partial charge in [-0.3, -0.25) is 4.79 Å². The summed E-state index contributed by atoms with van der Waals surface area (Å²) in [5, 5.41) is -0.279. The van der Waals surface area contributed by atoms with E-state index in [1.165, 1.54) is 7.11 Å². The zero-order valence-electron chi connectivity index (χ0n) is 10.3. The van der Waals surface area contributed by atoms with E-state index in [2.05, 4.69) is 4.74 Å². The van der Waals surface area contributed by atoms with Crippen LogP contribution in [0.4, 0.5) is 0 Å². The number of halogens is 1. The van der Waals surface area contributed by atoms with Crippen LogP contribution < -0.4 is 4.74 Å². The predicted octanol–water partition coefficient (Wildman–Crippen LogP) is 2.72. The van der Waals surface area contributed by atoms with Gasteiger partial charge in [-0.15, -0.1) is 11.6 Å². The van der Waals surface area contributed by atoms with Crippen molar-refractivity contribution in [3.63, 3.8) is 0 Å². The van der Waals surface area contributed by atoms with Crippen LogP contribution in [-0.2, 0) is 16.0 Å². The van der Waals surface area contributed by atoms with Crippen molar-refractivity contribution >= 4 is 17.6 Å². The lowest BCUT2D eigenvalue weighted by Gasteiger charge is -2.12. The van der Waals surface area contributed by atoms with Gasteiger partial charge in [0.25, 0.3) is 0 Å². The number of hydrogen-bond donors (Lipinski definition) is 0. The zero-order valence-corrected chi connectivity index (χ0v) is 11.1. The first-order chi connectivity index (χ1) is 8.06. The Hall–Kier alpha value is -1.22. The molecule has 0 aliphatic carbocycles. The summed E-state index contributed by atoms with van der Waals surface area (Å²) in [6.45, 7) is 2.01. The summed E-state index contributed by atoms with van der Waals surface area (Å²) in [6.07, 6.45) is 0.788. The molecule has 0 radical (unpaired) electrons. The first-order valence-corrected chi connectivity index (χ1v) is 5.85. The highest BCUT2D eigenvalue weighted by molar-refractivity contribution is 6.21. The fraction of sp³-hybridized carbons (Fsp3) is 0.462. The van der Waals surface area contributed by atoms with Gasteiger partial charge < -0.3 is 9.47 Å². The predicted molar refractivity (Wildman–Crippen MR) is 67.7 cm³/mol. The number of rotatable bonds is 5. The lowest BCUT2D eigenvalue weighted by Crippen LogP contribution is -2.12. The van der Waals surface area contributed by atoms with Crippen molar-refractivity contribution in [2.75, 3.05) is 14.2 Å². The third-order valence-electron chi connectivity index (χ3n) is 2.49. The van der Waals surface area contributed by atoms with Crippen molar-refractivity contribution in [3.8, 4) is 5.75 Å². The van der Waals surface area contributed by atoms with Crippen LogP contribution >= 0.6 is 11.6 Å². The molecule has 0 saturated heterocycles. The lowest BCUT2D eigenvalue weighted by atomic mass is 10.0. The van der Waals surface area contributed by atoms with Gasteiger partial charge in [0.15, 0.2) is 0 Å². The molecule has 1 rings (SSSR count). The van der Waals surface area contributed by atoms with Crippen LogP contribution in [0.15, 0.2) is 18.2 Å². The number of ether oxygens (including phenoxy) is 2. The second kappa shape index (κ2) is 6.50. The number of alkyl halides is 1. The Morgan fingerprint density at radius 2 is 2.12 bits per heavy atom. The second-order valence-electron chi connectivity index (χ2n) is 3.90. The van der Waals surface area contributed by atoms with E-state index in [0.717, 1.165) is 16.9 Å². The Balaban J connectivity index is 2.72. The van der Waals surface area contributed by atoms with E-state index >= 15 is 0 Å². The molecule has 0 aliphatic rings. The van der Waals surface area contributed by atoms with Crippen LogP contribution in [0.2, 0.25) is 0 Å². The molecule has 0 amide bonds. The number of aryl methyl sites for hydroxylation is 1. The lowest BCUT2D eigenvalue weighted by molar-refractivity contribution is -0.140. The first-order valence-electron chi connectivity index (χ1n) is 5.41. The van der Waals surface area contributed by atoms with Crippen molar-refractivity contribution in [2.24, 2.45) is 0 Å². The molecule has 0 spiro atoms. The van der Waals surface area contributed by atoms with Crippen molar-refractivity contribution < 1.29 is 14.3 Å². The Bertz CT molecular complexity index is 390. The van der Waals surface area contributed by atoms with E-state index in [9.17, 15) is 4.79 Å². The Morgan fingerprint density at radius 1 is 1.41 bits per heavy atom. The van der Waals surface area contributed by atoms with Crippen molar-refractivity contribution in [2.45, 2.75) is 25.1 Å². The molecule has 0 N–H and O–H groups in total. The van der Waals surface area contributed by atoms with Gasteiger partial charge in [0.1, 0.15) is 5.75 Å². The van der Waals surface area contributed by atoms with E-state index in [0.29, 0.717) is 6.42 Å². The van der Waals surface area contributed by atoms with E-state index in [1.807, 2.05) is 25.1 Å². The molecule has 17 heavy (non-hydrogen) atoms. The van der Waals surface area contributed by atoms with Gasteiger partial charge in [-0.05, 0) is 25.0 Å². The van der Waals surface area contributed by atoms with Gasteiger partial charge >= 0.3 is 5.97 Å². The molecule has 3 nitrogen and oxygen atoms in total. The summed E-state index contributed by atoms with van der Waals surface area (Å²) in [5.41, 5.74) is 2.15. The summed E-state index contributed by atoms with van der Waals surface area (Å²) >= 11 is 6.11. The standard InChI is InChI=1S/C13H17ClO3/c1-9-4-5-12(16-2)10(6-9)7-11(14)8-13(15)17-3/h4-6,11H,7-8H2,1-3H3. The molecular weight excluding hydrogens is 240 g/mol. The Kier molecular flexibility index (Phi) is 5.29. The average molecular weight is 257 g/mol. The molecule has 94 valence electrons. The summed E-state index contributed by atoms with van der Waals surface area (Å²) in [5.74, 6) is 0.503. The van der Waals surface area contributed by atoms with Gasteiger partial charge in [0, 0.05) is 5.38 Å². The van der Waals surface area contributed by atoms with Gasteiger partial charge in [-0.1, -0.05) is 17.7 Å². The van der Waals surface area contributed by atoms with Crippen molar-refractivity contribution in [3.05, 3.63) is 29.3 Å². The largest absolute Gasteiger partial charge is 0.496 e. The SMILES string of the molecule is COC(=O)CC(Cl)Cc1cc(C)ccc1OC. The summed E-state index contributed by atoms with van der Waals surface area (Å²) in [7, 11) is 2.98. The van der Waals surface area contributed by atoms with Crippen LogP contribution in [0, 0.1) is 6.92 Å². The van der Waals surface area contributed by atoms with Crippen LogP contribution in [0.3, 0.4) is 0 Å². The Labute approximate surface area is 107 Å². The number of carbonyl (C=O) groups excluding carboxylic acids is 1.